The maximum absolute atomic E-state index is 10.2. The summed E-state index contributed by atoms with van der Waals surface area (Å²) in [4.78, 5) is 20.0. The van der Waals surface area contributed by atoms with Gasteiger partial charge in [0.05, 0.1) is 0 Å². The lowest BCUT2D eigenvalue weighted by molar-refractivity contribution is -0.112. The Labute approximate surface area is 54.6 Å². The van der Waals surface area contributed by atoms with Crippen molar-refractivity contribution in [2.45, 2.75) is 19.8 Å². The van der Waals surface area contributed by atoms with Crippen LogP contribution in [0, 0.1) is 0 Å². The largest absolute Gasteiger partial charge is 0.303 e. The van der Waals surface area contributed by atoms with Crippen molar-refractivity contribution in [2.24, 2.45) is 0 Å². The number of hydrogen-bond acceptors (Lipinski definition) is 2. The zero-order chi connectivity index (χ0) is 7.11. The molecular formula is C7H10O2. The first-order valence-electron chi connectivity index (χ1n) is 2.88. The van der Waals surface area contributed by atoms with Crippen molar-refractivity contribution >= 4 is 12.1 Å². The van der Waals surface area contributed by atoms with Crippen molar-refractivity contribution < 1.29 is 9.59 Å². The Bertz CT molecular complexity index is 125. The van der Waals surface area contributed by atoms with Crippen LogP contribution in [0.15, 0.2) is 12.2 Å². The second kappa shape index (κ2) is 5.22. The van der Waals surface area contributed by atoms with Crippen molar-refractivity contribution in [3.05, 3.63) is 12.2 Å². The van der Waals surface area contributed by atoms with E-state index in [0.29, 0.717) is 12.8 Å². The topological polar surface area (TPSA) is 34.1 Å². The highest BCUT2D eigenvalue weighted by Crippen LogP contribution is 1.86. The highest BCUT2D eigenvalue weighted by Gasteiger charge is 1.80. The van der Waals surface area contributed by atoms with Gasteiger partial charge in [-0.2, -0.15) is 0 Å². The van der Waals surface area contributed by atoms with E-state index in [4.69, 9.17) is 0 Å². The molecule has 9 heavy (non-hydrogen) atoms. The third-order valence-electron chi connectivity index (χ3n) is 0.804. The third kappa shape index (κ3) is 7.08. The molecule has 0 atom stereocenters. The quantitative estimate of drug-likeness (QED) is 0.321. The molecule has 0 fully saturated rings. The van der Waals surface area contributed by atoms with Crippen LogP contribution in [0.25, 0.3) is 0 Å². The summed E-state index contributed by atoms with van der Waals surface area (Å²) in [6.45, 7) is 1.48. The second-order valence-corrected chi connectivity index (χ2v) is 1.76. The fraction of sp³-hybridized carbons (Fsp3) is 0.429. The Balaban J connectivity index is 3.24. The van der Waals surface area contributed by atoms with Crippen LogP contribution in [0.4, 0.5) is 0 Å². The number of rotatable bonds is 4. The van der Waals surface area contributed by atoms with Crippen molar-refractivity contribution in [2.75, 3.05) is 0 Å². The van der Waals surface area contributed by atoms with Gasteiger partial charge in [0.15, 0.2) is 5.78 Å². The average Bonchev–Trinajstić information content (AvgIpc) is 1.80. The summed E-state index contributed by atoms with van der Waals surface area (Å²) < 4.78 is 0. The molecule has 0 rings (SSSR count). The van der Waals surface area contributed by atoms with Crippen LogP contribution in [0.1, 0.15) is 19.8 Å². The standard InChI is InChI=1S/C7H10O2/c1-7(9)5-3-2-4-6-8/h3,5-6H,2,4H2,1H3/b5-3-. The lowest BCUT2D eigenvalue weighted by atomic mass is 10.3. The predicted molar refractivity (Wildman–Crippen MR) is 35.1 cm³/mol. The highest BCUT2D eigenvalue weighted by molar-refractivity contribution is 5.87. The molecule has 0 aliphatic heterocycles. The van der Waals surface area contributed by atoms with E-state index in [9.17, 15) is 9.59 Å². The van der Waals surface area contributed by atoms with Crippen molar-refractivity contribution in [1.29, 1.82) is 0 Å². The maximum atomic E-state index is 10.2. The molecule has 0 aromatic rings. The molecular weight excluding hydrogens is 116 g/mol. The minimum atomic E-state index is 0.0286. The van der Waals surface area contributed by atoms with Gasteiger partial charge in [0.1, 0.15) is 6.29 Å². The molecule has 2 nitrogen and oxygen atoms in total. The van der Waals surface area contributed by atoms with Gasteiger partial charge in [-0.3, -0.25) is 4.79 Å². The van der Waals surface area contributed by atoms with Crippen LogP contribution in [0.3, 0.4) is 0 Å². The Hall–Kier alpha value is -0.920. The Morgan fingerprint density at radius 1 is 1.44 bits per heavy atom. The zero-order valence-electron chi connectivity index (χ0n) is 5.46. The van der Waals surface area contributed by atoms with Crippen molar-refractivity contribution in [3.8, 4) is 0 Å². The van der Waals surface area contributed by atoms with E-state index >= 15 is 0 Å². The first kappa shape index (κ1) is 8.08. The fourth-order valence-electron chi connectivity index (χ4n) is 0.414. The van der Waals surface area contributed by atoms with E-state index in [1.165, 1.54) is 13.0 Å². The van der Waals surface area contributed by atoms with E-state index in [1.807, 2.05) is 0 Å². The normalized spacial score (nSPS) is 9.89. The Morgan fingerprint density at radius 3 is 2.56 bits per heavy atom. The van der Waals surface area contributed by atoms with Crippen LogP contribution in [-0.2, 0) is 9.59 Å². The minimum absolute atomic E-state index is 0.0286. The first-order valence-corrected chi connectivity index (χ1v) is 2.88. The van der Waals surface area contributed by atoms with Crippen LogP contribution < -0.4 is 0 Å². The first-order chi connectivity index (χ1) is 4.27. The summed E-state index contributed by atoms with van der Waals surface area (Å²) >= 11 is 0. The molecule has 0 saturated carbocycles. The molecule has 0 aromatic heterocycles. The van der Waals surface area contributed by atoms with Gasteiger partial charge in [0.25, 0.3) is 0 Å². The second-order valence-electron chi connectivity index (χ2n) is 1.76. The molecule has 0 amide bonds. The van der Waals surface area contributed by atoms with Crippen LogP contribution in [0.5, 0.6) is 0 Å². The number of carbonyl (C=O) groups is 2. The smallest absolute Gasteiger partial charge is 0.152 e. The molecule has 0 spiro atoms. The SMILES string of the molecule is CC(=O)/C=C\CCC=O. The lowest BCUT2D eigenvalue weighted by Gasteiger charge is -1.79. The van der Waals surface area contributed by atoms with E-state index in [0.717, 1.165) is 6.29 Å². The number of unbranched alkanes of at least 4 members (excludes halogenated alkanes) is 1. The van der Waals surface area contributed by atoms with Crippen LogP contribution in [-0.4, -0.2) is 12.1 Å². The lowest BCUT2D eigenvalue weighted by Crippen LogP contribution is -1.79. The molecule has 0 unspecified atom stereocenters. The monoisotopic (exact) mass is 126 g/mol. The zero-order valence-corrected chi connectivity index (χ0v) is 5.46. The van der Waals surface area contributed by atoms with E-state index in [2.05, 4.69) is 0 Å². The van der Waals surface area contributed by atoms with E-state index < -0.39 is 0 Å². The molecule has 0 aromatic carbocycles. The van der Waals surface area contributed by atoms with Gasteiger partial charge >= 0.3 is 0 Å². The third-order valence-corrected chi connectivity index (χ3v) is 0.804. The minimum Gasteiger partial charge on any atom is -0.303 e. The molecule has 0 radical (unpaired) electrons. The summed E-state index contributed by atoms with van der Waals surface area (Å²) in [7, 11) is 0. The molecule has 2 heteroatoms. The molecule has 0 saturated heterocycles. The fourth-order valence-corrected chi connectivity index (χ4v) is 0.414. The van der Waals surface area contributed by atoms with Crippen LogP contribution >= 0.6 is 0 Å². The number of hydrogen-bond donors (Lipinski definition) is 0. The average molecular weight is 126 g/mol. The molecule has 0 N–H and O–H groups in total. The molecule has 0 aliphatic rings. The summed E-state index contributed by atoms with van der Waals surface area (Å²) in [6.07, 6.45) is 5.19. The summed E-state index contributed by atoms with van der Waals surface area (Å²) in [5.41, 5.74) is 0. The summed E-state index contributed by atoms with van der Waals surface area (Å²) in [6, 6.07) is 0. The van der Waals surface area contributed by atoms with Gasteiger partial charge in [-0.05, 0) is 19.4 Å². The van der Waals surface area contributed by atoms with Gasteiger partial charge in [-0.1, -0.05) is 6.08 Å². The van der Waals surface area contributed by atoms with Crippen LogP contribution in [0.2, 0.25) is 0 Å². The van der Waals surface area contributed by atoms with E-state index in [1.54, 1.807) is 6.08 Å². The number of ketones is 1. The maximum Gasteiger partial charge on any atom is 0.152 e. The van der Waals surface area contributed by atoms with Crippen molar-refractivity contribution in [1.82, 2.24) is 0 Å². The molecule has 0 aliphatic carbocycles. The number of aldehydes is 1. The molecule has 0 bridgehead atoms. The highest BCUT2D eigenvalue weighted by atomic mass is 16.1. The Morgan fingerprint density at radius 2 is 2.11 bits per heavy atom. The van der Waals surface area contributed by atoms with Gasteiger partial charge in [-0.15, -0.1) is 0 Å². The van der Waals surface area contributed by atoms with Gasteiger partial charge in [-0.25, -0.2) is 0 Å². The van der Waals surface area contributed by atoms with Gasteiger partial charge in [0.2, 0.25) is 0 Å². The molecule has 50 valence electrons. The summed E-state index contributed by atoms with van der Waals surface area (Å²) in [5, 5.41) is 0. The number of allylic oxidation sites excluding steroid dienone is 2. The van der Waals surface area contributed by atoms with E-state index in [-0.39, 0.29) is 5.78 Å². The van der Waals surface area contributed by atoms with Gasteiger partial charge in [0, 0.05) is 6.42 Å². The van der Waals surface area contributed by atoms with Crippen molar-refractivity contribution in [3.63, 3.8) is 0 Å². The Kier molecular flexibility index (Phi) is 4.69. The summed E-state index contributed by atoms with van der Waals surface area (Å²) in [5.74, 6) is 0.0286. The predicted octanol–water partition coefficient (Wildman–Crippen LogP) is 1.11. The van der Waals surface area contributed by atoms with Gasteiger partial charge < -0.3 is 4.79 Å². The number of carbonyl (C=O) groups excluding carboxylic acids is 2. The molecule has 0 heterocycles.